The Labute approximate surface area is 626 Å². The Morgan fingerprint density at radius 3 is 0.653 bits per heavy atom. The van der Waals surface area contributed by atoms with Gasteiger partial charge in [-0.3, -0.25) is 32.7 Å². The number of phosphoric ester groups is 1. The third-order valence-corrected chi connectivity index (χ3v) is 21.9. The average molecular weight is 1450 g/mol. The molecule has 0 aromatic heterocycles. The van der Waals surface area contributed by atoms with E-state index in [4.69, 9.17) is 32.5 Å². The molecule has 101 heavy (non-hydrogen) atoms. The van der Waals surface area contributed by atoms with E-state index in [9.17, 15) is 19.2 Å². The monoisotopic (exact) mass is 1450 g/mol. The smallest absolute Gasteiger partial charge is 0.463 e. The molecule has 0 unspecified atom stereocenters. The van der Waals surface area contributed by atoms with Crippen molar-refractivity contribution in [3.63, 3.8) is 0 Å². The van der Waals surface area contributed by atoms with Crippen LogP contribution in [0.5, 0.6) is 0 Å². The Morgan fingerprint density at radius 1 is 0.277 bits per heavy atom. The lowest BCUT2D eigenvalue weighted by molar-refractivity contribution is -0.153. The molecule has 0 atom stereocenters. The normalized spacial score (nSPS) is 11.9. The van der Waals surface area contributed by atoms with Crippen molar-refractivity contribution in [2.75, 3.05) is 53.2 Å². The zero-order valence-corrected chi connectivity index (χ0v) is 69.0. The zero-order valence-electron chi connectivity index (χ0n) is 68.1. The fourth-order valence-electron chi connectivity index (χ4n) is 13.5. The summed E-state index contributed by atoms with van der Waals surface area (Å²) in [7, 11) is -2.69. The highest BCUT2D eigenvalue weighted by molar-refractivity contribution is 7.48. The molecule has 0 aromatic carbocycles. The van der Waals surface area contributed by atoms with Crippen LogP contribution >= 0.6 is 7.82 Å². The van der Waals surface area contributed by atoms with Gasteiger partial charge in [0.2, 0.25) is 0 Å². The van der Waals surface area contributed by atoms with Gasteiger partial charge >= 0.3 is 31.7 Å². The van der Waals surface area contributed by atoms with Gasteiger partial charge in [-0.1, -0.05) is 401 Å². The summed E-state index contributed by atoms with van der Waals surface area (Å²) in [6, 6.07) is 0. The number of rotatable bonds is 84. The van der Waals surface area contributed by atoms with E-state index in [0.717, 1.165) is 96.4 Å². The third-order valence-electron chi connectivity index (χ3n) is 20.3. The van der Waals surface area contributed by atoms with Crippen LogP contribution in [0.25, 0.3) is 0 Å². The Kier molecular flexibility index (Phi) is 77.4. The minimum absolute atomic E-state index is 0.0508. The van der Waals surface area contributed by atoms with Gasteiger partial charge in [-0.25, -0.2) is 4.57 Å². The quantitative estimate of drug-likeness (QED) is 0.0246. The first-order valence-electron chi connectivity index (χ1n) is 44.3. The molecule has 14 heteroatoms. The summed E-state index contributed by atoms with van der Waals surface area (Å²) >= 11 is 0. The summed E-state index contributed by atoms with van der Waals surface area (Å²) in [5.74, 6) is -1.12. The first-order valence-corrected chi connectivity index (χ1v) is 45.8. The molecule has 0 rings (SSSR count). The van der Waals surface area contributed by atoms with Crippen molar-refractivity contribution in [3.05, 3.63) is 0 Å². The molecule has 0 heterocycles. The van der Waals surface area contributed by atoms with Gasteiger partial charge in [0.25, 0.3) is 0 Å². The van der Waals surface area contributed by atoms with Crippen molar-refractivity contribution in [1.29, 1.82) is 0 Å². The van der Waals surface area contributed by atoms with Crippen LogP contribution in [0.2, 0.25) is 0 Å². The lowest BCUT2D eigenvalue weighted by atomic mass is 10.0. The summed E-state index contributed by atoms with van der Waals surface area (Å²) < 4.78 is 57.5. The number of carbonyl (C=O) groups is 4. The van der Waals surface area contributed by atoms with E-state index < -0.39 is 43.9 Å². The molecule has 0 aliphatic heterocycles. The zero-order chi connectivity index (χ0) is 73.7. The lowest BCUT2D eigenvalue weighted by Crippen LogP contribution is -2.32. The van der Waals surface area contributed by atoms with E-state index in [1.807, 2.05) is 7.05 Å². The minimum Gasteiger partial charge on any atom is -0.463 e. The standard InChI is InChI=1S/C87H170NO12P/c1-8-12-16-20-24-28-32-36-40-44-48-52-56-60-64-70-84(89)94-77-82(78-95-85(90)71-65-61-57-53-49-45-41-37-33-29-25-21-17-13-9-2)99-101(93,98-76-75-88(7)74-68-69-81(5)6)100-83(79-96-86(91)72-66-62-58-54-50-46-42-38-34-30-26-22-18-14-10-3)80-97-87(92)73-67-63-59-55-51-47-43-39-35-31-27-23-19-15-11-4/h81-83H,8-80H2,1-7H3. The molecular formula is C87H170NO12P. The van der Waals surface area contributed by atoms with E-state index in [1.54, 1.807) is 0 Å². The number of carbonyl (C=O) groups excluding carboxylic acids is 4. The van der Waals surface area contributed by atoms with Crippen LogP contribution in [-0.4, -0.2) is 94.2 Å². The Morgan fingerprint density at radius 2 is 0.465 bits per heavy atom. The molecule has 0 aliphatic rings. The maximum absolute atomic E-state index is 15.4. The Hall–Kier alpha value is -2.05. The predicted octanol–water partition coefficient (Wildman–Crippen LogP) is 27.5. The number of esters is 4. The van der Waals surface area contributed by atoms with Gasteiger partial charge in [-0.2, -0.15) is 0 Å². The number of phosphoric acid groups is 1. The van der Waals surface area contributed by atoms with Gasteiger partial charge in [0.15, 0.2) is 0 Å². The number of unbranched alkanes of at least 4 members (excludes halogenated alkanes) is 56. The van der Waals surface area contributed by atoms with Crippen molar-refractivity contribution >= 4 is 31.7 Å². The number of hydrogen-bond donors (Lipinski definition) is 0. The van der Waals surface area contributed by atoms with Crippen LogP contribution in [0.1, 0.15) is 465 Å². The molecule has 0 spiro atoms. The number of hydrogen-bond acceptors (Lipinski definition) is 13. The van der Waals surface area contributed by atoms with Gasteiger partial charge in [-0.15, -0.1) is 0 Å². The molecule has 0 bridgehead atoms. The summed E-state index contributed by atoms with van der Waals surface area (Å²) in [6.45, 7) is 13.2. The SMILES string of the molecule is CCCCCCCCCCCCCCCCCC(=O)OCC(COC(=O)CCCCCCCCCCCCCCCCC)OP(=O)(OCCN(C)CCCC(C)C)OC(COC(=O)CCCCCCCCCCCCCCCCC)COC(=O)CCCCCCCCCCCCCCCCC. The van der Waals surface area contributed by atoms with Gasteiger partial charge in [0.05, 0.1) is 6.61 Å². The van der Waals surface area contributed by atoms with Crippen LogP contribution in [0.3, 0.4) is 0 Å². The molecular weight excluding hydrogens is 1280 g/mol. The third kappa shape index (κ3) is 76.0. The van der Waals surface area contributed by atoms with Crippen LogP contribution in [0.4, 0.5) is 0 Å². The topological polar surface area (TPSA) is 153 Å². The second-order valence-electron chi connectivity index (χ2n) is 31.1. The fourth-order valence-corrected chi connectivity index (χ4v) is 14.9. The van der Waals surface area contributed by atoms with Crippen molar-refractivity contribution in [3.8, 4) is 0 Å². The molecule has 0 saturated heterocycles. The molecule has 0 radical (unpaired) electrons. The summed E-state index contributed by atoms with van der Waals surface area (Å²) in [6.07, 6.45) is 73.8. The van der Waals surface area contributed by atoms with Crippen molar-refractivity contribution < 1.29 is 56.3 Å². The van der Waals surface area contributed by atoms with Crippen molar-refractivity contribution in [2.24, 2.45) is 5.92 Å². The number of ether oxygens (including phenoxy) is 4. The fraction of sp³-hybridized carbons (Fsp3) is 0.954. The van der Waals surface area contributed by atoms with E-state index in [-0.39, 0.29) is 58.7 Å². The molecule has 0 saturated carbocycles. The molecule has 0 aliphatic carbocycles. The van der Waals surface area contributed by atoms with Crippen LogP contribution < -0.4 is 0 Å². The highest BCUT2D eigenvalue weighted by Gasteiger charge is 2.37. The van der Waals surface area contributed by atoms with Gasteiger partial charge in [0.1, 0.15) is 38.6 Å². The summed E-state index contributed by atoms with van der Waals surface area (Å²) in [5.41, 5.74) is 0. The first-order chi connectivity index (χ1) is 49.4. The summed E-state index contributed by atoms with van der Waals surface area (Å²) in [5, 5.41) is 0. The molecule has 0 amide bonds. The van der Waals surface area contributed by atoms with Crippen LogP contribution in [-0.2, 0) is 56.3 Å². The molecule has 0 N–H and O–H groups in total. The molecule has 600 valence electrons. The van der Waals surface area contributed by atoms with Crippen LogP contribution in [0.15, 0.2) is 0 Å². The molecule has 13 nitrogen and oxygen atoms in total. The van der Waals surface area contributed by atoms with Gasteiger partial charge in [-0.05, 0) is 58.0 Å². The maximum atomic E-state index is 15.4. The average Bonchev–Trinajstić information content (AvgIpc) is 0.863. The number of likely N-dealkylation sites (N-methyl/N-ethyl adjacent to an activating group) is 1. The van der Waals surface area contributed by atoms with Crippen molar-refractivity contribution in [1.82, 2.24) is 4.90 Å². The highest BCUT2D eigenvalue weighted by atomic mass is 31.2. The first kappa shape index (κ1) is 98.9. The highest BCUT2D eigenvalue weighted by Crippen LogP contribution is 2.52. The maximum Gasteiger partial charge on any atom is 0.475 e. The van der Waals surface area contributed by atoms with Gasteiger partial charge in [0, 0.05) is 32.2 Å². The Balaban J connectivity index is 6.14. The number of nitrogens with zero attached hydrogens (tertiary/aromatic N) is 1. The molecule has 0 fully saturated rings. The minimum atomic E-state index is -4.68. The van der Waals surface area contributed by atoms with E-state index in [0.29, 0.717) is 38.1 Å². The van der Waals surface area contributed by atoms with Gasteiger partial charge < -0.3 is 23.8 Å². The Bertz CT molecular complexity index is 1590. The van der Waals surface area contributed by atoms with Crippen molar-refractivity contribution in [2.45, 2.75) is 478 Å². The lowest BCUT2D eigenvalue weighted by Gasteiger charge is -2.28. The second kappa shape index (κ2) is 79.0. The van der Waals surface area contributed by atoms with Crippen LogP contribution in [0, 0.1) is 5.92 Å². The van der Waals surface area contributed by atoms with E-state index in [2.05, 4.69) is 46.4 Å². The van der Waals surface area contributed by atoms with E-state index >= 15 is 4.57 Å². The largest absolute Gasteiger partial charge is 0.475 e. The predicted molar refractivity (Wildman–Crippen MR) is 427 cm³/mol. The van der Waals surface area contributed by atoms with E-state index in [1.165, 1.54) is 283 Å². The second-order valence-corrected chi connectivity index (χ2v) is 32.7. The summed E-state index contributed by atoms with van der Waals surface area (Å²) in [4.78, 5) is 55.8. The molecule has 0 aromatic rings.